The molecule has 3 nitrogen and oxygen atoms in total. The molecule has 0 spiro atoms. The Morgan fingerprint density at radius 1 is 1.33 bits per heavy atom. The van der Waals surface area contributed by atoms with Crippen molar-refractivity contribution in [1.82, 2.24) is 14.5 Å². The van der Waals surface area contributed by atoms with Gasteiger partial charge in [-0.05, 0) is 66.4 Å². The van der Waals surface area contributed by atoms with E-state index in [1.54, 1.807) is 0 Å². The number of nitrogens with one attached hydrogen (secondary N) is 1. The normalized spacial score (nSPS) is 26.8. The van der Waals surface area contributed by atoms with Gasteiger partial charge in [-0.2, -0.15) is 5.10 Å². The number of rotatable bonds is 4. The quantitative estimate of drug-likeness (QED) is 0.818. The standard InChI is InChI=1S/C17H31N3S/c1-11(2)20-16(9-13(4)18-20)15-10-14(8-12(15)3)19-21-17(5,6)7/h9,11-12,14-15,19H,8,10H2,1-7H3/t12?,14?,15-/m1/s1. The van der Waals surface area contributed by atoms with E-state index in [9.17, 15) is 0 Å². The molecule has 1 fully saturated rings. The van der Waals surface area contributed by atoms with Crippen LogP contribution >= 0.6 is 11.9 Å². The Morgan fingerprint density at radius 3 is 2.57 bits per heavy atom. The van der Waals surface area contributed by atoms with Crippen molar-refractivity contribution >= 4 is 11.9 Å². The summed E-state index contributed by atoms with van der Waals surface area (Å²) in [5.74, 6) is 1.35. The average Bonchev–Trinajstić information content (AvgIpc) is 2.89. The average molecular weight is 310 g/mol. The molecule has 120 valence electrons. The van der Waals surface area contributed by atoms with Crippen LogP contribution in [0.2, 0.25) is 0 Å². The molecular weight excluding hydrogens is 278 g/mol. The Labute approximate surface area is 134 Å². The fraction of sp³-hybridized carbons (Fsp3) is 0.824. The lowest BCUT2D eigenvalue weighted by atomic mass is 9.94. The molecular formula is C17H31N3S. The number of nitrogens with zero attached hydrogens (tertiary/aromatic N) is 2. The van der Waals surface area contributed by atoms with Crippen LogP contribution < -0.4 is 4.72 Å². The largest absolute Gasteiger partial charge is 0.267 e. The van der Waals surface area contributed by atoms with Crippen LogP contribution in [-0.4, -0.2) is 20.6 Å². The van der Waals surface area contributed by atoms with Crippen molar-refractivity contribution in [2.75, 3.05) is 0 Å². The minimum Gasteiger partial charge on any atom is -0.267 e. The molecule has 4 heteroatoms. The van der Waals surface area contributed by atoms with Crippen molar-refractivity contribution in [1.29, 1.82) is 0 Å². The van der Waals surface area contributed by atoms with Gasteiger partial charge in [-0.3, -0.25) is 9.40 Å². The van der Waals surface area contributed by atoms with Crippen molar-refractivity contribution in [2.45, 2.75) is 84.1 Å². The summed E-state index contributed by atoms with van der Waals surface area (Å²) in [6.07, 6.45) is 2.48. The molecule has 2 unspecified atom stereocenters. The maximum Gasteiger partial charge on any atom is 0.0596 e. The van der Waals surface area contributed by atoms with Gasteiger partial charge in [-0.1, -0.05) is 18.9 Å². The lowest BCUT2D eigenvalue weighted by Crippen LogP contribution is -2.25. The molecule has 1 aliphatic carbocycles. The first-order valence-corrected chi connectivity index (χ1v) is 8.98. The van der Waals surface area contributed by atoms with E-state index < -0.39 is 0 Å². The molecule has 0 amide bonds. The van der Waals surface area contributed by atoms with Gasteiger partial charge in [0, 0.05) is 28.4 Å². The highest BCUT2D eigenvalue weighted by Crippen LogP contribution is 2.41. The van der Waals surface area contributed by atoms with E-state index in [2.05, 4.69) is 63.9 Å². The van der Waals surface area contributed by atoms with Crippen molar-refractivity contribution in [3.8, 4) is 0 Å². The fourth-order valence-electron chi connectivity index (χ4n) is 3.24. The number of aryl methyl sites for hydroxylation is 1. The van der Waals surface area contributed by atoms with Crippen molar-refractivity contribution in [3.05, 3.63) is 17.5 Å². The summed E-state index contributed by atoms with van der Waals surface area (Å²) >= 11 is 1.87. The van der Waals surface area contributed by atoms with Gasteiger partial charge in [0.2, 0.25) is 0 Å². The second kappa shape index (κ2) is 6.33. The molecule has 1 aliphatic rings. The van der Waals surface area contributed by atoms with Crippen LogP contribution in [0.5, 0.6) is 0 Å². The van der Waals surface area contributed by atoms with E-state index in [1.165, 1.54) is 18.5 Å². The van der Waals surface area contributed by atoms with Crippen LogP contribution in [0.1, 0.15) is 77.7 Å². The molecule has 1 heterocycles. The SMILES string of the molecule is Cc1cc([C@@H]2CC(NSC(C)(C)C)CC2C)n(C(C)C)n1. The van der Waals surface area contributed by atoms with E-state index in [0.717, 1.165) is 11.6 Å². The van der Waals surface area contributed by atoms with E-state index in [4.69, 9.17) is 5.10 Å². The molecule has 3 atom stereocenters. The molecule has 0 saturated heterocycles. The van der Waals surface area contributed by atoms with Gasteiger partial charge in [-0.15, -0.1) is 0 Å². The highest BCUT2D eigenvalue weighted by atomic mass is 32.2. The van der Waals surface area contributed by atoms with Crippen LogP contribution in [-0.2, 0) is 0 Å². The van der Waals surface area contributed by atoms with E-state index in [0.29, 0.717) is 18.0 Å². The lowest BCUT2D eigenvalue weighted by Gasteiger charge is -2.21. The van der Waals surface area contributed by atoms with Crippen LogP contribution in [0.3, 0.4) is 0 Å². The Balaban J connectivity index is 2.08. The van der Waals surface area contributed by atoms with Gasteiger partial charge in [-0.25, -0.2) is 0 Å². The third-order valence-electron chi connectivity index (χ3n) is 4.17. The van der Waals surface area contributed by atoms with Crippen LogP contribution in [0.4, 0.5) is 0 Å². The Hall–Kier alpha value is -0.480. The summed E-state index contributed by atoms with van der Waals surface area (Å²) in [4.78, 5) is 0. The van der Waals surface area contributed by atoms with Gasteiger partial charge in [0.15, 0.2) is 0 Å². The van der Waals surface area contributed by atoms with Gasteiger partial charge >= 0.3 is 0 Å². The maximum atomic E-state index is 4.69. The molecule has 1 N–H and O–H groups in total. The molecule has 0 radical (unpaired) electrons. The Bertz CT molecular complexity index is 473. The summed E-state index contributed by atoms with van der Waals surface area (Å²) in [7, 11) is 0. The minimum atomic E-state index is 0.275. The zero-order valence-corrected chi connectivity index (χ0v) is 15.4. The monoisotopic (exact) mass is 309 g/mol. The van der Waals surface area contributed by atoms with Crippen molar-refractivity contribution in [2.24, 2.45) is 5.92 Å². The van der Waals surface area contributed by atoms with E-state index in [-0.39, 0.29) is 4.75 Å². The zero-order valence-electron chi connectivity index (χ0n) is 14.6. The predicted molar refractivity (Wildman–Crippen MR) is 92.8 cm³/mol. The second-order valence-electron chi connectivity index (χ2n) is 7.83. The number of hydrogen-bond acceptors (Lipinski definition) is 3. The smallest absolute Gasteiger partial charge is 0.0596 e. The molecule has 1 aromatic rings. The zero-order chi connectivity index (χ0) is 15.8. The van der Waals surface area contributed by atoms with Crippen LogP contribution in [0.25, 0.3) is 0 Å². The predicted octanol–water partition coefficient (Wildman–Crippen LogP) is 4.69. The maximum absolute atomic E-state index is 4.69. The first-order chi connectivity index (χ1) is 9.67. The third kappa shape index (κ3) is 4.26. The molecule has 0 aliphatic heterocycles. The highest BCUT2D eigenvalue weighted by Gasteiger charge is 2.35. The third-order valence-corrected chi connectivity index (χ3v) is 5.23. The number of aromatic nitrogens is 2. The van der Waals surface area contributed by atoms with Gasteiger partial charge < -0.3 is 0 Å². The molecule has 0 aromatic carbocycles. The lowest BCUT2D eigenvalue weighted by molar-refractivity contribution is 0.444. The minimum absolute atomic E-state index is 0.275. The summed E-state index contributed by atoms with van der Waals surface area (Å²) in [6, 6.07) is 3.35. The highest BCUT2D eigenvalue weighted by molar-refractivity contribution is 7.98. The molecule has 1 saturated carbocycles. The Kier molecular flexibility index (Phi) is 5.09. The summed E-state index contributed by atoms with van der Waals surface area (Å²) in [5.41, 5.74) is 2.58. The number of hydrogen-bond donors (Lipinski definition) is 1. The Morgan fingerprint density at radius 2 is 2.00 bits per heavy atom. The van der Waals surface area contributed by atoms with Crippen LogP contribution in [0.15, 0.2) is 6.07 Å². The fourth-order valence-corrected chi connectivity index (χ4v) is 3.96. The molecule has 1 aromatic heterocycles. The van der Waals surface area contributed by atoms with E-state index in [1.807, 2.05) is 11.9 Å². The first-order valence-electron chi connectivity index (χ1n) is 8.17. The molecule has 2 rings (SSSR count). The van der Waals surface area contributed by atoms with E-state index >= 15 is 0 Å². The van der Waals surface area contributed by atoms with Crippen molar-refractivity contribution < 1.29 is 0 Å². The topological polar surface area (TPSA) is 29.9 Å². The summed E-state index contributed by atoms with van der Waals surface area (Å²) in [6.45, 7) is 15.7. The van der Waals surface area contributed by atoms with Crippen LogP contribution in [0, 0.1) is 12.8 Å². The molecule has 21 heavy (non-hydrogen) atoms. The van der Waals surface area contributed by atoms with Gasteiger partial charge in [0.05, 0.1) is 5.69 Å². The molecule has 0 bridgehead atoms. The van der Waals surface area contributed by atoms with Gasteiger partial charge in [0.1, 0.15) is 0 Å². The van der Waals surface area contributed by atoms with Crippen molar-refractivity contribution in [3.63, 3.8) is 0 Å². The van der Waals surface area contributed by atoms with Gasteiger partial charge in [0.25, 0.3) is 0 Å². The first kappa shape index (κ1) is 16.9. The summed E-state index contributed by atoms with van der Waals surface area (Å²) in [5, 5.41) is 4.69. The summed E-state index contributed by atoms with van der Waals surface area (Å²) < 4.78 is 6.20. The second-order valence-corrected chi connectivity index (χ2v) is 9.50.